The minimum Gasteiger partial charge on any atom is -0.369 e. The molecule has 4 rings (SSSR count). The third-order valence-electron chi connectivity index (χ3n) is 4.69. The Morgan fingerprint density at radius 3 is 1.79 bits per heavy atom. The smallest absolute Gasteiger partial charge is 0.225 e. The van der Waals surface area contributed by atoms with Crippen molar-refractivity contribution in [3.05, 3.63) is 96.1 Å². The van der Waals surface area contributed by atoms with Crippen molar-refractivity contribution in [1.82, 2.24) is 9.97 Å². The van der Waals surface area contributed by atoms with E-state index >= 15 is 0 Å². The standard InChI is InChI=1S/C24H24N4.ClH/c1-3-9-19(10-4-1)15-17-25-23-21-13-7-8-14-22(21)27-24(28-23)26-18-16-20-11-5-2-6-12-20;/h1-14H,15-18H2,(H2,25,26,27,28);1H. The van der Waals surface area contributed by atoms with Crippen LogP contribution >= 0.6 is 12.4 Å². The molecule has 1 aromatic heterocycles. The van der Waals surface area contributed by atoms with Crippen LogP contribution in [0, 0.1) is 0 Å². The van der Waals surface area contributed by atoms with Gasteiger partial charge in [-0.1, -0.05) is 72.8 Å². The van der Waals surface area contributed by atoms with Gasteiger partial charge < -0.3 is 10.6 Å². The molecule has 0 bridgehead atoms. The summed E-state index contributed by atoms with van der Waals surface area (Å²) in [6, 6.07) is 29.1. The van der Waals surface area contributed by atoms with Gasteiger partial charge in [-0.2, -0.15) is 4.98 Å². The van der Waals surface area contributed by atoms with Gasteiger partial charge in [-0.25, -0.2) is 4.98 Å². The van der Waals surface area contributed by atoms with E-state index in [1.165, 1.54) is 11.1 Å². The van der Waals surface area contributed by atoms with Crippen molar-refractivity contribution in [2.75, 3.05) is 23.7 Å². The second-order valence-corrected chi connectivity index (χ2v) is 6.74. The van der Waals surface area contributed by atoms with E-state index < -0.39 is 0 Å². The fourth-order valence-electron chi connectivity index (χ4n) is 3.22. The number of nitrogens with one attached hydrogen (secondary N) is 2. The molecule has 2 N–H and O–H groups in total. The Bertz CT molecular complexity index is 1020. The number of anilines is 2. The van der Waals surface area contributed by atoms with Crippen LogP contribution in [0.15, 0.2) is 84.9 Å². The van der Waals surface area contributed by atoms with Crippen molar-refractivity contribution in [1.29, 1.82) is 0 Å². The Hall–Kier alpha value is -3.11. The SMILES string of the molecule is Cl.c1ccc(CCNc2nc(NCCc3ccccc3)c3ccccc3n2)cc1. The zero-order chi connectivity index (χ0) is 19.0. The summed E-state index contributed by atoms with van der Waals surface area (Å²) in [5.74, 6) is 1.54. The highest BCUT2D eigenvalue weighted by atomic mass is 35.5. The molecule has 0 aliphatic heterocycles. The molecule has 0 unspecified atom stereocenters. The lowest BCUT2D eigenvalue weighted by Gasteiger charge is -2.12. The molecule has 29 heavy (non-hydrogen) atoms. The van der Waals surface area contributed by atoms with Gasteiger partial charge in [0.05, 0.1) is 5.52 Å². The van der Waals surface area contributed by atoms with Gasteiger partial charge in [0.2, 0.25) is 5.95 Å². The summed E-state index contributed by atoms with van der Waals surface area (Å²) < 4.78 is 0. The van der Waals surface area contributed by atoms with Crippen LogP contribution in [0.1, 0.15) is 11.1 Å². The molecule has 0 aliphatic carbocycles. The molecule has 0 radical (unpaired) electrons. The van der Waals surface area contributed by atoms with Crippen LogP contribution in [0.5, 0.6) is 0 Å². The first-order valence-corrected chi connectivity index (χ1v) is 9.71. The van der Waals surface area contributed by atoms with Crippen molar-refractivity contribution in [2.45, 2.75) is 12.8 Å². The maximum absolute atomic E-state index is 4.73. The van der Waals surface area contributed by atoms with Gasteiger partial charge in [0.1, 0.15) is 5.82 Å². The molecule has 3 aromatic carbocycles. The molecule has 0 spiro atoms. The minimum absolute atomic E-state index is 0. The topological polar surface area (TPSA) is 49.8 Å². The number of rotatable bonds is 8. The van der Waals surface area contributed by atoms with Crippen molar-refractivity contribution < 1.29 is 0 Å². The molecule has 0 aliphatic rings. The number of hydrogen-bond acceptors (Lipinski definition) is 4. The Morgan fingerprint density at radius 1 is 0.586 bits per heavy atom. The van der Waals surface area contributed by atoms with E-state index in [-0.39, 0.29) is 12.4 Å². The molecular weight excluding hydrogens is 380 g/mol. The van der Waals surface area contributed by atoms with Gasteiger partial charge in [0.15, 0.2) is 0 Å². The predicted molar refractivity (Wildman–Crippen MR) is 124 cm³/mol. The van der Waals surface area contributed by atoms with Crippen molar-refractivity contribution in [2.24, 2.45) is 0 Å². The quantitative estimate of drug-likeness (QED) is 0.415. The van der Waals surface area contributed by atoms with Crippen LogP contribution in [0.25, 0.3) is 10.9 Å². The predicted octanol–water partition coefficient (Wildman–Crippen LogP) is 5.36. The summed E-state index contributed by atoms with van der Waals surface area (Å²) in [7, 11) is 0. The molecule has 1 heterocycles. The highest BCUT2D eigenvalue weighted by molar-refractivity contribution is 5.90. The summed E-state index contributed by atoms with van der Waals surface area (Å²) in [5.41, 5.74) is 3.56. The van der Waals surface area contributed by atoms with Crippen LogP contribution in [0.4, 0.5) is 11.8 Å². The third kappa shape index (κ3) is 5.69. The Kier molecular flexibility index (Phi) is 7.42. The van der Waals surface area contributed by atoms with Gasteiger partial charge >= 0.3 is 0 Å². The molecule has 148 valence electrons. The second kappa shape index (κ2) is 10.4. The first-order valence-electron chi connectivity index (χ1n) is 9.71. The average Bonchev–Trinajstić information content (AvgIpc) is 2.75. The summed E-state index contributed by atoms with van der Waals surface area (Å²) >= 11 is 0. The summed E-state index contributed by atoms with van der Waals surface area (Å²) in [5, 5.41) is 7.91. The highest BCUT2D eigenvalue weighted by Gasteiger charge is 2.07. The van der Waals surface area contributed by atoms with E-state index in [4.69, 9.17) is 4.98 Å². The number of aromatic nitrogens is 2. The minimum atomic E-state index is 0. The lowest BCUT2D eigenvalue weighted by atomic mass is 10.1. The number of benzene rings is 3. The first-order chi connectivity index (χ1) is 13.9. The lowest BCUT2D eigenvalue weighted by molar-refractivity contribution is 0.979. The molecule has 0 atom stereocenters. The molecular formula is C24H25ClN4. The monoisotopic (exact) mass is 404 g/mol. The summed E-state index contributed by atoms with van der Waals surface area (Å²) in [6.07, 6.45) is 1.89. The van der Waals surface area contributed by atoms with E-state index in [1.807, 2.05) is 30.3 Å². The van der Waals surface area contributed by atoms with Gasteiger partial charge in [-0.3, -0.25) is 0 Å². The van der Waals surface area contributed by atoms with Crippen LogP contribution in [0.2, 0.25) is 0 Å². The number of hydrogen-bond donors (Lipinski definition) is 2. The van der Waals surface area contributed by atoms with Gasteiger partial charge in [-0.15, -0.1) is 12.4 Å². The molecule has 0 saturated carbocycles. The van der Waals surface area contributed by atoms with E-state index in [0.29, 0.717) is 5.95 Å². The van der Waals surface area contributed by atoms with Crippen LogP contribution in [0.3, 0.4) is 0 Å². The molecule has 0 fully saturated rings. The van der Waals surface area contributed by atoms with E-state index in [1.54, 1.807) is 0 Å². The number of fused-ring (bicyclic) bond motifs is 1. The first kappa shape index (κ1) is 20.6. The largest absolute Gasteiger partial charge is 0.369 e. The summed E-state index contributed by atoms with van der Waals surface area (Å²) in [4.78, 5) is 9.40. The Morgan fingerprint density at radius 2 is 1.14 bits per heavy atom. The van der Waals surface area contributed by atoms with Gasteiger partial charge in [-0.05, 0) is 36.1 Å². The molecule has 0 amide bonds. The zero-order valence-electron chi connectivity index (χ0n) is 16.2. The van der Waals surface area contributed by atoms with Gasteiger partial charge in [0, 0.05) is 18.5 Å². The number of para-hydroxylation sites is 1. The molecule has 4 nitrogen and oxygen atoms in total. The average molecular weight is 405 g/mol. The van der Waals surface area contributed by atoms with E-state index in [9.17, 15) is 0 Å². The van der Waals surface area contributed by atoms with E-state index in [2.05, 4.69) is 70.2 Å². The van der Waals surface area contributed by atoms with Crippen LogP contribution < -0.4 is 10.6 Å². The Balaban J connectivity index is 0.00000240. The fourth-order valence-corrected chi connectivity index (χ4v) is 3.22. The maximum atomic E-state index is 4.73. The van der Waals surface area contributed by atoms with Crippen molar-refractivity contribution >= 4 is 35.1 Å². The van der Waals surface area contributed by atoms with Gasteiger partial charge in [0.25, 0.3) is 0 Å². The Labute approximate surface area is 177 Å². The number of nitrogens with zero attached hydrogens (tertiary/aromatic N) is 2. The van der Waals surface area contributed by atoms with Crippen molar-refractivity contribution in [3.8, 4) is 0 Å². The lowest BCUT2D eigenvalue weighted by Crippen LogP contribution is -2.11. The number of halogens is 1. The fraction of sp³-hybridized carbons (Fsp3) is 0.167. The van der Waals surface area contributed by atoms with Crippen molar-refractivity contribution in [3.63, 3.8) is 0 Å². The molecule has 0 saturated heterocycles. The van der Waals surface area contributed by atoms with E-state index in [0.717, 1.165) is 42.7 Å². The molecule has 5 heteroatoms. The highest BCUT2D eigenvalue weighted by Crippen LogP contribution is 2.22. The van der Waals surface area contributed by atoms with Crippen LogP contribution in [-0.4, -0.2) is 23.1 Å². The maximum Gasteiger partial charge on any atom is 0.225 e. The summed E-state index contributed by atoms with van der Waals surface area (Å²) in [6.45, 7) is 1.63. The van der Waals surface area contributed by atoms with Crippen LogP contribution in [-0.2, 0) is 12.8 Å². The second-order valence-electron chi connectivity index (χ2n) is 6.74. The zero-order valence-corrected chi connectivity index (χ0v) is 17.0. The normalized spacial score (nSPS) is 10.3. The molecule has 4 aromatic rings. The third-order valence-corrected chi connectivity index (χ3v) is 4.69.